The van der Waals surface area contributed by atoms with Gasteiger partial charge in [-0.05, 0) is 54.8 Å². The van der Waals surface area contributed by atoms with Crippen LogP contribution in [0.3, 0.4) is 0 Å². The average molecular weight is 371 g/mol. The molecule has 0 atom stereocenters. The quantitative estimate of drug-likeness (QED) is 0.268. The van der Waals surface area contributed by atoms with Crippen LogP contribution in [-0.4, -0.2) is 5.90 Å². The summed E-state index contributed by atoms with van der Waals surface area (Å²) in [4.78, 5) is 4.65. The summed E-state index contributed by atoms with van der Waals surface area (Å²) in [6.45, 7) is 6.27. The predicted octanol–water partition coefficient (Wildman–Crippen LogP) is 6.90. The first-order valence-corrected chi connectivity index (χ1v) is 9.42. The van der Waals surface area contributed by atoms with Crippen LogP contribution in [0.2, 0.25) is 0 Å². The summed E-state index contributed by atoms with van der Waals surface area (Å²) < 4.78 is 11.9. The molecule has 3 aromatic rings. The van der Waals surface area contributed by atoms with Crippen molar-refractivity contribution in [1.82, 2.24) is 0 Å². The van der Waals surface area contributed by atoms with Crippen LogP contribution >= 0.6 is 0 Å². The molecule has 0 aromatic heterocycles. The fourth-order valence-corrected chi connectivity index (χ4v) is 2.55. The van der Waals surface area contributed by atoms with Crippen molar-refractivity contribution in [3.8, 4) is 11.5 Å². The summed E-state index contributed by atoms with van der Waals surface area (Å²) >= 11 is 0. The lowest BCUT2D eigenvalue weighted by Crippen LogP contribution is -2.10. The highest BCUT2D eigenvalue weighted by Crippen LogP contribution is 2.20. The minimum absolute atomic E-state index is 0.496. The molecule has 0 radical (unpaired) electrons. The first-order valence-electron chi connectivity index (χ1n) is 9.42. The van der Waals surface area contributed by atoms with Crippen molar-refractivity contribution < 1.29 is 9.47 Å². The Morgan fingerprint density at radius 2 is 1.39 bits per heavy atom. The lowest BCUT2D eigenvalue weighted by molar-refractivity contribution is 0.473. The van der Waals surface area contributed by atoms with Crippen LogP contribution in [0.1, 0.15) is 32.3 Å². The summed E-state index contributed by atoms with van der Waals surface area (Å²) in [5.74, 6) is 2.50. The van der Waals surface area contributed by atoms with Crippen molar-refractivity contribution in [1.29, 1.82) is 0 Å². The molecule has 0 unspecified atom stereocenters. The number of benzene rings is 3. The lowest BCUT2D eigenvalue weighted by atomic mass is 10.0. The van der Waals surface area contributed by atoms with Crippen molar-refractivity contribution in [2.75, 3.05) is 0 Å². The maximum absolute atomic E-state index is 6.02. The van der Waals surface area contributed by atoms with Crippen LogP contribution in [0.25, 0.3) is 0 Å². The molecule has 0 spiro atoms. The van der Waals surface area contributed by atoms with Gasteiger partial charge in [0, 0.05) is 5.57 Å². The van der Waals surface area contributed by atoms with Crippen LogP contribution in [0, 0.1) is 0 Å². The molecular formula is C25H25NO2. The predicted molar refractivity (Wildman–Crippen MR) is 116 cm³/mol. The van der Waals surface area contributed by atoms with Crippen LogP contribution in [0.15, 0.2) is 102 Å². The van der Waals surface area contributed by atoms with Gasteiger partial charge in [0.1, 0.15) is 11.5 Å². The topological polar surface area (TPSA) is 30.8 Å². The Balaban J connectivity index is 1.82. The van der Waals surface area contributed by atoms with Crippen LogP contribution in [-0.2, 0) is 0 Å². The van der Waals surface area contributed by atoms with E-state index in [2.05, 4.69) is 31.0 Å². The highest BCUT2D eigenvalue weighted by molar-refractivity contribution is 5.96. The molecule has 0 aliphatic rings. The van der Waals surface area contributed by atoms with E-state index < -0.39 is 0 Å². The maximum Gasteiger partial charge on any atom is 0.225 e. The van der Waals surface area contributed by atoms with Crippen molar-refractivity contribution in [2.24, 2.45) is 4.99 Å². The average Bonchev–Trinajstić information content (AvgIpc) is 2.73. The summed E-state index contributed by atoms with van der Waals surface area (Å²) in [5, 5.41) is 0. The molecule has 3 nitrogen and oxygen atoms in total. The van der Waals surface area contributed by atoms with E-state index in [0.29, 0.717) is 11.8 Å². The molecule has 0 aliphatic heterocycles. The van der Waals surface area contributed by atoms with E-state index in [9.17, 15) is 0 Å². The van der Waals surface area contributed by atoms with E-state index in [-0.39, 0.29) is 0 Å². The third-order valence-electron chi connectivity index (χ3n) is 4.20. The molecular weight excluding hydrogens is 346 g/mol. The molecule has 0 aliphatic carbocycles. The molecule has 3 aromatic carbocycles. The second-order valence-corrected chi connectivity index (χ2v) is 6.81. The monoisotopic (exact) mass is 371 g/mol. The lowest BCUT2D eigenvalue weighted by Gasteiger charge is -2.11. The summed E-state index contributed by atoms with van der Waals surface area (Å²) in [6.07, 6.45) is 1.68. The maximum atomic E-state index is 6.02. The Hall–Kier alpha value is -3.33. The van der Waals surface area contributed by atoms with Gasteiger partial charge in [0.25, 0.3) is 0 Å². The molecule has 0 heterocycles. The van der Waals surface area contributed by atoms with Crippen molar-refractivity contribution in [3.63, 3.8) is 0 Å². The second-order valence-electron chi connectivity index (χ2n) is 6.81. The molecule has 3 heteroatoms. The number of nitrogens with zero attached hydrogens (tertiary/aromatic N) is 1. The zero-order valence-corrected chi connectivity index (χ0v) is 16.5. The number of rotatable bonds is 6. The van der Waals surface area contributed by atoms with Gasteiger partial charge in [0.05, 0.1) is 11.9 Å². The molecule has 142 valence electrons. The number of aliphatic imine (C=N–C) groups is 1. The van der Waals surface area contributed by atoms with Gasteiger partial charge in [0.15, 0.2) is 0 Å². The highest BCUT2D eigenvalue weighted by atomic mass is 16.5. The van der Waals surface area contributed by atoms with Gasteiger partial charge in [-0.3, -0.25) is 0 Å². The van der Waals surface area contributed by atoms with Crippen molar-refractivity contribution >= 4 is 11.6 Å². The van der Waals surface area contributed by atoms with Crippen molar-refractivity contribution in [3.05, 3.63) is 102 Å². The third kappa shape index (κ3) is 5.58. The van der Waals surface area contributed by atoms with Crippen LogP contribution in [0.4, 0.5) is 5.69 Å². The molecule has 28 heavy (non-hydrogen) atoms. The molecule has 3 rings (SSSR count). The third-order valence-corrected chi connectivity index (χ3v) is 4.20. The van der Waals surface area contributed by atoms with E-state index in [0.717, 1.165) is 22.8 Å². The first kappa shape index (κ1) is 19.4. The van der Waals surface area contributed by atoms with Gasteiger partial charge in [-0.25, -0.2) is 4.99 Å². The van der Waals surface area contributed by atoms with E-state index in [1.165, 1.54) is 5.56 Å². The van der Waals surface area contributed by atoms with Crippen molar-refractivity contribution in [2.45, 2.75) is 26.7 Å². The minimum Gasteiger partial charge on any atom is -0.465 e. The first-order chi connectivity index (χ1) is 13.6. The summed E-state index contributed by atoms with van der Waals surface area (Å²) in [6, 6.07) is 27.5. The van der Waals surface area contributed by atoms with E-state index >= 15 is 0 Å². The van der Waals surface area contributed by atoms with E-state index in [1.54, 1.807) is 6.26 Å². The number of para-hydroxylation sites is 2. The van der Waals surface area contributed by atoms with Gasteiger partial charge in [0.2, 0.25) is 5.90 Å². The molecule has 0 saturated carbocycles. The summed E-state index contributed by atoms with van der Waals surface area (Å²) in [5.41, 5.74) is 2.90. The molecule has 0 amide bonds. The Morgan fingerprint density at radius 1 is 0.786 bits per heavy atom. The number of hydrogen-bond donors (Lipinski definition) is 0. The molecule has 0 bridgehead atoms. The van der Waals surface area contributed by atoms with Gasteiger partial charge in [-0.15, -0.1) is 0 Å². The SMILES string of the molecule is CC(=COc1ccc(C(C)C)cc1)/C(=N\c1ccccc1)Oc1ccccc1. The summed E-state index contributed by atoms with van der Waals surface area (Å²) in [7, 11) is 0. The highest BCUT2D eigenvalue weighted by Gasteiger charge is 2.08. The largest absolute Gasteiger partial charge is 0.465 e. The van der Waals surface area contributed by atoms with E-state index in [4.69, 9.17) is 9.47 Å². The Kier molecular flexibility index (Phi) is 6.64. The molecule has 0 fully saturated rings. The normalized spacial score (nSPS) is 12.1. The van der Waals surface area contributed by atoms with Gasteiger partial charge < -0.3 is 9.47 Å². The zero-order valence-electron chi connectivity index (χ0n) is 16.5. The molecule has 0 N–H and O–H groups in total. The van der Waals surface area contributed by atoms with Gasteiger partial charge in [-0.2, -0.15) is 0 Å². The van der Waals surface area contributed by atoms with Crippen LogP contribution in [0.5, 0.6) is 11.5 Å². The smallest absolute Gasteiger partial charge is 0.225 e. The van der Waals surface area contributed by atoms with Gasteiger partial charge >= 0.3 is 0 Å². The Labute approximate surface area is 167 Å². The second kappa shape index (κ2) is 9.56. The van der Waals surface area contributed by atoms with Gasteiger partial charge in [-0.1, -0.05) is 62.4 Å². The fourth-order valence-electron chi connectivity index (χ4n) is 2.55. The standard InChI is InChI=1S/C25H25NO2/c1-19(2)21-14-16-23(17-15-21)27-18-20(3)25(26-22-10-6-4-7-11-22)28-24-12-8-5-9-13-24/h4-19H,1-3H3/b20-18?,26-25+. The van der Waals surface area contributed by atoms with E-state index in [1.807, 2.05) is 79.7 Å². The molecule has 0 saturated heterocycles. The fraction of sp³-hybridized carbons (Fsp3) is 0.160. The number of hydrogen-bond acceptors (Lipinski definition) is 3. The Bertz CT molecular complexity index is 927. The minimum atomic E-state index is 0.496. The zero-order chi connectivity index (χ0) is 19.8. The van der Waals surface area contributed by atoms with Crippen LogP contribution < -0.4 is 9.47 Å². The number of ether oxygens (including phenoxy) is 2. The Morgan fingerprint density at radius 3 is 2.00 bits per heavy atom.